The number of halogens is 3. The van der Waals surface area contributed by atoms with E-state index in [9.17, 15) is 4.39 Å². The van der Waals surface area contributed by atoms with Crippen molar-refractivity contribution in [3.63, 3.8) is 0 Å². The first-order valence-electron chi connectivity index (χ1n) is 5.83. The second-order valence-electron chi connectivity index (χ2n) is 4.23. The third-order valence-corrected chi connectivity index (χ3v) is 4.02. The van der Waals surface area contributed by atoms with Crippen LogP contribution in [0.5, 0.6) is 5.75 Å². The lowest BCUT2D eigenvalue weighted by Crippen LogP contribution is -2.00. The Kier molecular flexibility index (Phi) is 4.99. The molecule has 0 heterocycles. The molecule has 0 N–H and O–H groups in total. The van der Waals surface area contributed by atoms with Crippen LogP contribution < -0.4 is 4.74 Å². The summed E-state index contributed by atoms with van der Waals surface area (Å²) < 4.78 is 19.5. The second-order valence-corrected chi connectivity index (χ2v) is 5.65. The molecule has 0 amide bonds. The molecule has 100 valence electrons. The van der Waals surface area contributed by atoms with Gasteiger partial charge in [-0.2, -0.15) is 0 Å². The van der Waals surface area contributed by atoms with Crippen molar-refractivity contribution in [2.45, 2.75) is 18.9 Å². The van der Waals surface area contributed by atoms with Crippen LogP contribution in [-0.4, -0.2) is 0 Å². The highest BCUT2D eigenvalue weighted by atomic mass is 79.9. The Hall–Kier alpha value is -0.870. The normalized spacial score (nSPS) is 10.5. The number of rotatable bonds is 4. The SMILES string of the molecule is Cc1cccc(CBr)c1OCc1ccc(F)c(Br)c1. The van der Waals surface area contributed by atoms with Crippen molar-refractivity contribution >= 4 is 31.9 Å². The van der Waals surface area contributed by atoms with Gasteiger partial charge in [-0.05, 0) is 46.1 Å². The van der Waals surface area contributed by atoms with Crippen molar-refractivity contribution in [3.05, 3.63) is 63.4 Å². The average molecular weight is 388 g/mol. The quantitative estimate of drug-likeness (QED) is 0.640. The smallest absolute Gasteiger partial charge is 0.137 e. The van der Waals surface area contributed by atoms with Gasteiger partial charge >= 0.3 is 0 Å². The topological polar surface area (TPSA) is 9.23 Å². The van der Waals surface area contributed by atoms with Gasteiger partial charge in [-0.1, -0.05) is 40.2 Å². The van der Waals surface area contributed by atoms with E-state index in [2.05, 4.69) is 31.9 Å². The third-order valence-electron chi connectivity index (χ3n) is 2.80. The molecule has 0 aromatic heterocycles. The van der Waals surface area contributed by atoms with E-state index in [1.165, 1.54) is 6.07 Å². The fraction of sp³-hybridized carbons (Fsp3) is 0.200. The number of ether oxygens (including phenoxy) is 1. The van der Waals surface area contributed by atoms with E-state index in [4.69, 9.17) is 4.74 Å². The lowest BCUT2D eigenvalue weighted by Gasteiger charge is -2.13. The summed E-state index contributed by atoms with van der Waals surface area (Å²) in [6.45, 7) is 2.44. The van der Waals surface area contributed by atoms with Crippen LogP contribution in [0.25, 0.3) is 0 Å². The molecule has 0 aliphatic carbocycles. The Morgan fingerprint density at radius 1 is 1.21 bits per heavy atom. The Morgan fingerprint density at radius 3 is 2.68 bits per heavy atom. The van der Waals surface area contributed by atoms with Crippen LogP contribution in [0.1, 0.15) is 16.7 Å². The van der Waals surface area contributed by atoms with Crippen molar-refractivity contribution in [2.75, 3.05) is 0 Å². The summed E-state index contributed by atoms with van der Waals surface area (Å²) in [4.78, 5) is 0. The van der Waals surface area contributed by atoms with E-state index in [0.29, 0.717) is 11.1 Å². The zero-order valence-corrected chi connectivity index (χ0v) is 13.6. The summed E-state index contributed by atoms with van der Waals surface area (Å²) in [6.07, 6.45) is 0. The summed E-state index contributed by atoms with van der Waals surface area (Å²) in [7, 11) is 0. The fourth-order valence-corrected chi connectivity index (χ4v) is 2.68. The number of alkyl halides is 1. The summed E-state index contributed by atoms with van der Waals surface area (Å²) >= 11 is 6.63. The Labute approximate surface area is 129 Å². The molecular weight excluding hydrogens is 375 g/mol. The standard InChI is InChI=1S/C15H13Br2FO/c1-10-3-2-4-12(8-16)15(10)19-9-11-5-6-14(18)13(17)7-11/h2-7H,8-9H2,1H3. The molecule has 0 radical (unpaired) electrons. The van der Waals surface area contributed by atoms with Crippen LogP contribution in [0.3, 0.4) is 0 Å². The molecule has 0 fully saturated rings. The van der Waals surface area contributed by atoms with Crippen molar-refractivity contribution < 1.29 is 9.13 Å². The summed E-state index contributed by atoms with van der Waals surface area (Å²) in [5, 5.41) is 0.747. The molecule has 2 aromatic carbocycles. The number of para-hydroxylation sites is 1. The second kappa shape index (κ2) is 6.53. The summed E-state index contributed by atoms with van der Waals surface area (Å²) in [5.41, 5.74) is 3.14. The molecule has 0 unspecified atom stereocenters. The van der Waals surface area contributed by atoms with E-state index in [1.807, 2.05) is 25.1 Å². The Morgan fingerprint density at radius 2 is 2.00 bits per heavy atom. The largest absolute Gasteiger partial charge is 0.488 e. The lowest BCUT2D eigenvalue weighted by molar-refractivity contribution is 0.301. The first-order valence-corrected chi connectivity index (χ1v) is 7.74. The van der Waals surface area contributed by atoms with Crippen LogP contribution in [-0.2, 0) is 11.9 Å². The molecule has 2 aromatic rings. The van der Waals surface area contributed by atoms with E-state index < -0.39 is 0 Å². The predicted molar refractivity (Wildman–Crippen MR) is 82.2 cm³/mol. The van der Waals surface area contributed by atoms with Gasteiger partial charge in [-0.3, -0.25) is 0 Å². The predicted octanol–water partition coefficient (Wildman–Crippen LogP) is 5.37. The van der Waals surface area contributed by atoms with E-state index in [-0.39, 0.29) is 5.82 Å². The highest BCUT2D eigenvalue weighted by molar-refractivity contribution is 9.10. The monoisotopic (exact) mass is 386 g/mol. The summed E-state index contributed by atoms with van der Waals surface area (Å²) in [5.74, 6) is 0.626. The van der Waals surface area contributed by atoms with Crippen molar-refractivity contribution in [3.8, 4) is 5.75 Å². The molecule has 19 heavy (non-hydrogen) atoms. The van der Waals surface area contributed by atoms with Gasteiger partial charge in [-0.25, -0.2) is 4.39 Å². The van der Waals surface area contributed by atoms with Crippen LogP contribution in [0.15, 0.2) is 40.9 Å². The number of benzene rings is 2. The van der Waals surface area contributed by atoms with Crippen molar-refractivity contribution in [2.24, 2.45) is 0 Å². The molecule has 0 aliphatic heterocycles. The first-order chi connectivity index (χ1) is 9.11. The number of hydrogen-bond donors (Lipinski definition) is 0. The van der Waals surface area contributed by atoms with Crippen molar-refractivity contribution in [1.82, 2.24) is 0 Å². The van der Waals surface area contributed by atoms with Gasteiger partial charge in [0, 0.05) is 10.9 Å². The van der Waals surface area contributed by atoms with Gasteiger partial charge in [-0.15, -0.1) is 0 Å². The first kappa shape index (κ1) is 14.5. The molecule has 4 heteroatoms. The Balaban J connectivity index is 2.16. The maximum absolute atomic E-state index is 13.2. The summed E-state index contributed by atoms with van der Waals surface area (Å²) in [6, 6.07) is 11.0. The molecule has 0 bridgehead atoms. The molecule has 0 saturated carbocycles. The van der Waals surface area contributed by atoms with Crippen LogP contribution in [0.4, 0.5) is 4.39 Å². The lowest BCUT2D eigenvalue weighted by atomic mass is 10.1. The Bertz CT molecular complexity index is 584. The van der Waals surface area contributed by atoms with Crippen LogP contribution in [0.2, 0.25) is 0 Å². The van der Waals surface area contributed by atoms with Crippen molar-refractivity contribution in [1.29, 1.82) is 0 Å². The van der Waals surface area contributed by atoms with Gasteiger partial charge in [0.15, 0.2) is 0 Å². The molecule has 0 atom stereocenters. The minimum atomic E-state index is -0.263. The average Bonchev–Trinajstić information content (AvgIpc) is 2.41. The maximum Gasteiger partial charge on any atom is 0.137 e. The molecule has 0 aliphatic rings. The number of aryl methyl sites for hydroxylation is 1. The molecule has 0 saturated heterocycles. The minimum absolute atomic E-state index is 0.263. The molecular formula is C15H13Br2FO. The third kappa shape index (κ3) is 3.57. The minimum Gasteiger partial charge on any atom is -0.488 e. The van der Waals surface area contributed by atoms with E-state index in [0.717, 1.165) is 27.8 Å². The van der Waals surface area contributed by atoms with Crippen LogP contribution >= 0.6 is 31.9 Å². The molecule has 1 nitrogen and oxygen atoms in total. The zero-order valence-electron chi connectivity index (χ0n) is 10.4. The molecule has 2 rings (SSSR count). The van der Waals surface area contributed by atoms with Gasteiger partial charge in [0.05, 0.1) is 4.47 Å². The van der Waals surface area contributed by atoms with Gasteiger partial charge < -0.3 is 4.74 Å². The fourth-order valence-electron chi connectivity index (χ4n) is 1.81. The van der Waals surface area contributed by atoms with Gasteiger partial charge in [0.25, 0.3) is 0 Å². The zero-order chi connectivity index (χ0) is 13.8. The number of hydrogen-bond acceptors (Lipinski definition) is 1. The van der Waals surface area contributed by atoms with E-state index in [1.54, 1.807) is 12.1 Å². The highest BCUT2D eigenvalue weighted by Gasteiger charge is 2.07. The van der Waals surface area contributed by atoms with Gasteiger partial charge in [0.1, 0.15) is 18.2 Å². The van der Waals surface area contributed by atoms with E-state index >= 15 is 0 Å². The maximum atomic E-state index is 13.2. The molecule has 0 spiro atoms. The van der Waals surface area contributed by atoms with Crippen LogP contribution in [0, 0.1) is 12.7 Å². The highest BCUT2D eigenvalue weighted by Crippen LogP contribution is 2.27. The van der Waals surface area contributed by atoms with Gasteiger partial charge in [0.2, 0.25) is 0 Å².